The number of aromatic nitrogens is 1. The largest absolute Gasteiger partial charge is 0.376 e. The van der Waals surface area contributed by atoms with Crippen LogP contribution >= 0.6 is 11.6 Å². The van der Waals surface area contributed by atoms with E-state index in [1.165, 1.54) is 0 Å². The zero-order valence-electron chi connectivity index (χ0n) is 10.9. The van der Waals surface area contributed by atoms with E-state index in [0.29, 0.717) is 10.6 Å². The summed E-state index contributed by atoms with van der Waals surface area (Å²) in [7, 11) is 3.86. The van der Waals surface area contributed by atoms with Crippen molar-refractivity contribution in [2.75, 3.05) is 19.0 Å². The molecule has 0 radical (unpaired) electrons. The molecule has 0 aliphatic heterocycles. The van der Waals surface area contributed by atoms with Gasteiger partial charge in [-0.15, -0.1) is 0 Å². The highest BCUT2D eigenvalue weighted by molar-refractivity contribution is 6.32. The Morgan fingerprint density at radius 1 is 1.28 bits per heavy atom. The van der Waals surface area contributed by atoms with E-state index >= 15 is 0 Å². The lowest BCUT2D eigenvalue weighted by Gasteiger charge is -2.19. The maximum Gasteiger partial charge on any atom is 0.103 e. The minimum Gasteiger partial charge on any atom is -0.376 e. The van der Waals surface area contributed by atoms with Gasteiger partial charge in [-0.25, -0.2) is 0 Å². The lowest BCUT2D eigenvalue weighted by Crippen LogP contribution is -2.13. The molecule has 0 fully saturated rings. The Labute approximate surface area is 112 Å². The summed E-state index contributed by atoms with van der Waals surface area (Å²) in [6.45, 7) is 3.80. The average Bonchev–Trinajstić information content (AvgIpc) is 2.32. The van der Waals surface area contributed by atoms with E-state index in [-0.39, 0.29) is 0 Å². The molecule has 0 saturated heterocycles. The number of nitriles is 1. The summed E-state index contributed by atoms with van der Waals surface area (Å²) in [6, 6.07) is 6.01. The Kier molecular flexibility index (Phi) is 3.14. The van der Waals surface area contributed by atoms with Gasteiger partial charge in [0.2, 0.25) is 0 Å². The second-order valence-electron chi connectivity index (χ2n) is 4.50. The number of pyridine rings is 1. The molecule has 0 atom stereocenters. The highest BCUT2D eigenvalue weighted by Gasteiger charge is 2.16. The van der Waals surface area contributed by atoms with Gasteiger partial charge in [-0.3, -0.25) is 4.98 Å². The van der Waals surface area contributed by atoms with Gasteiger partial charge in [0.25, 0.3) is 0 Å². The van der Waals surface area contributed by atoms with Crippen LogP contribution in [0.15, 0.2) is 12.1 Å². The molecular weight excluding hydrogens is 246 g/mol. The van der Waals surface area contributed by atoms with E-state index in [4.69, 9.17) is 11.6 Å². The molecule has 0 aliphatic carbocycles. The van der Waals surface area contributed by atoms with Crippen molar-refractivity contribution < 1.29 is 0 Å². The fourth-order valence-electron chi connectivity index (χ4n) is 2.14. The van der Waals surface area contributed by atoms with E-state index in [9.17, 15) is 5.26 Å². The summed E-state index contributed by atoms with van der Waals surface area (Å²) in [5.74, 6) is 0. The monoisotopic (exact) mass is 259 g/mol. The van der Waals surface area contributed by atoms with Crippen LogP contribution in [-0.2, 0) is 0 Å². The molecule has 0 unspecified atom stereocenters. The number of anilines is 1. The molecule has 4 heteroatoms. The molecule has 1 aromatic heterocycles. The molecule has 0 spiro atoms. The summed E-state index contributed by atoms with van der Waals surface area (Å²) in [4.78, 5) is 6.46. The highest BCUT2D eigenvalue weighted by atomic mass is 35.5. The zero-order chi connectivity index (χ0) is 13.4. The number of halogens is 1. The zero-order valence-corrected chi connectivity index (χ0v) is 11.6. The Morgan fingerprint density at radius 3 is 2.50 bits per heavy atom. The SMILES string of the molecule is Cc1nc2c(C)c(Cl)ccc2c(N(C)C)c1C#N. The minimum absolute atomic E-state index is 0.620. The molecule has 0 saturated carbocycles. The van der Waals surface area contributed by atoms with Crippen molar-refractivity contribution in [2.24, 2.45) is 0 Å². The van der Waals surface area contributed by atoms with Crippen molar-refractivity contribution in [3.63, 3.8) is 0 Å². The third-order valence-electron chi connectivity index (χ3n) is 3.06. The van der Waals surface area contributed by atoms with Crippen LogP contribution in [0.1, 0.15) is 16.8 Å². The van der Waals surface area contributed by atoms with Gasteiger partial charge >= 0.3 is 0 Å². The topological polar surface area (TPSA) is 39.9 Å². The van der Waals surface area contributed by atoms with Gasteiger partial charge in [-0.1, -0.05) is 11.6 Å². The first-order chi connectivity index (χ1) is 8.47. The smallest absolute Gasteiger partial charge is 0.103 e. The molecule has 2 aromatic rings. The first kappa shape index (κ1) is 12.7. The molecule has 1 heterocycles. The number of hydrogen-bond acceptors (Lipinski definition) is 3. The lowest BCUT2D eigenvalue weighted by atomic mass is 10.0. The van der Waals surface area contributed by atoms with Crippen molar-refractivity contribution in [1.82, 2.24) is 4.98 Å². The third kappa shape index (κ3) is 1.79. The number of benzene rings is 1. The fraction of sp³-hybridized carbons (Fsp3) is 0.286. The van der Waals surface area contributed by atoms with Gasteiger partial charge in [0.15, 0.2) is 0 Å². The lowest BCUT2D eigenvalue weighted by molar-refractivity contribution is 1.11. The second kappa shape index (κ2) is 4.47. The quantitative estimate of drug-likeness (QED) is 0.788. The fourth-order valence-corrected chi connectivity index (χ4v) is 2.29. The predicted octanol–water partition coefficient (Wildman–Crippen LogP) is 3.44. The summed E-state index contributed by atoms with van der Waals surface area (Å²) >= 11 is 6.13. The number of nitrogens with zero attached hydrogens (tertiary/aromatic N) is 3. The van der Waals surface area contributed by atoms with E-state index in [0.717, 1.165) is 27.8 Å². The molecule has 2 rings (SSSR count). The second-order valence-corrected chi connectivity index (χ2v) is 4.90. The third-order valence-corrected chi connectivity index (χ3v) is 3.47. The number of aryl methyl sites for hydroxylation is 2. The molecule has 92 valence electrons. The van der Waals surface area contributed by atoms with E-state index in [1.54, 1.807) is 0 Å². The first-order valence-electron chi connectivity index (χ1n) is 5.64. The minimum atomic E-state index is 0.620. The van der Waals surface area contributed by atoms with Gasteiger partial charge in [-0.2, -0.15) is 5.26 Å². The van der Waals surface area contributed by atoms with Crippen LogP contribution in [0, 0.1) is 25.2 Å². The Morgan fingerprint density at radius 2 is 1.94 bits per heavy atom. The summed E-state index contributed by atoms with van der Waals surface area (Å²) in [6.07, 6.45) is 0. The maximum atomic E-state index is 9.29. The van der Waals surface area contributed by atoms with Crippen LogP contribution in [0.3, 0.4) is 0 Å². The van der Waals surface area contributed by atoms with Crippen LogP contribution in [-0.4, -0.2) is 19.1 Å². The first-order valence-corrected chi connectivity index (χ1v) is 6.02. The Bertz CT molecular complexity index is 669. The van der Waals surface area contributed by atoms with Crippen LogP contribution < -0.4 is 4.90 Å². The van der Waals surface area contributed by atoms with Crippen molar-refractivity contribution in [1.29, 1.82) is 5.26 Å². The number of hydrogen-bond donors (Lipinski definition) is 0. The summed E-state index contributed by atoms with van der Waals surface area (Å²) < 4.78 is 0. The van der Waals surface area contributed by atoms with Crippen molar-refractivity contribution in [3.8, 4) is 6.07 Å². The van der Waals surface area contributed by atoms with Gasteiger partial charge in [0.1, 0.15) is 6.07 Å². The standard InChI is InChI=1S/C14H14ClN3/c1-8-12(15)6-5-10-13(8)17-9(2)11(7-16)14(10)18(3)4/h5-6H,1-4H3. The van der Waals surface area contributed by atoms with E-state index in [1.807, 2.05) is 45.0 Å². The molecule has 3 nitrogen and oxygen atoms in total. The maximum absolute atomic E-state index is 9.29. The molecule has 0 N–H and O–H groups in total. The van der Waals surface area contributed by atoms with Crippen LogP contribution in [0.5, 0.6) is 0 Å². The number of fused-ring (bicyclic) bond motifs is 1. The van der Waals surface area contributed by atoms with Crippen molar-refractivity contribution in [3.05, 3.63) is 34.0 Å². The molecule has 1 aromatic carbocycles. The molecule has 18 heavy (non-hydrogen) atoms. The molecular formula is C14H14ClN3. The van der Waals surface area contributed by atoms with Crippen LogP contribution in [0.2, 0.25) is 5.02 Å². The van der Waals surface area contributed by atoms with Crippen LogP contribution in [0.25, 0.3) is 10.9 Å². The molecule has 0 bridgehead atoms. The Balaban J connectivity index is 3.01. The normalized spacial score (nSPS) is 10.4. The van der Waals surface area contributed by atoms with Gasteiger partial charge in [-0.05, 0) is 31.5 Å². The Hall–Kier alpha value is -1.79. The van der Waals surface area contributed by atoms with Gasteiger partial charge in [0, 0.05) is 24.5 Å². The average molecular weight is 260 g/mol. The molecule has 0 amide bonds. The number of rotatable bonds is 1. The van der Waals surface area contributed by atoms with Gasteiger partial charge in [0.05, 0.1) is 22.5 Å². The van der Waals surface area contributed by atoms with E-state index < -0.39 is 0 Å². The summed E-state index contributed by atoms with van der Waals surface area (Å²) in [5.41, 5.74) is 4.07. The van der Waals surface area contributed by atoms with Crippen molar-refractivity contribution >= 4 is 28.2 Å². The highest BCUT2D eigenvalue weighted by Crippen LogP contribution is 2.33. The van der Waals surface area contributed by atoms with E-state index in [2.05, 4.69) is 11.1 Å². The summed E-state index contributed by atoms with van der Waals surface area (Å²) in [5, 5.41) is 10.9. The van der Waals surface area contributed by atoms with Crippen molar-refractivity contribution in [2.45, 2.75) is 13.8 Å². The van der Waals surface area contributed by atoms with Gasteiger partial charge < -0.3 is 4.90 Å². The predicted molar refractivity (Wildman–Crippen MR) is 75.3 cm³/mol. The molecule has 0 aliphatic rings. The van der Waals surface area contributed by atoms with Crippen LogP contribution in [0.4, 0.5) is 5.69 Å².